The van der Waals surface area contributed by atoms with Crippen molar-refractivity contribution in [2.45, 2.75) is 24.7 Å². The van der Waals surface area contributed by atoms with Crippen LogP contribution in [0.25, 0.3) is 0 Å². The van der Waals surface area contributed by atoms with Crippen LogP contribution in [0, 0.1) is 0 Å². The molecule has 1 aliphatic rings. The van der Waals surface area contributed by atoms with Crippen molar-refractivity contribution in [1.29, 1.82) is 0 Å². The molecule has 7 heteroatoms. The molecule has 116 valence electrons. The summed E-state index contributed by atoms with van der Waals surface area (Å²) in [5.74, 6) is 0.749. The molecule has 0 saturated carbocycles. The number of nitrogens with zero attached hydrogens (tertiary/aromatic N) is 3. The fourth-order valence-electron chi connectivity index (χ4n) is 2.61. The number of ether oxygens (including phenoxy) is 1. The van der Waals surface area contributed by atoms with Crippen molar-refractivity contribution >= 4 is 11.8 Å². The molecule has 0 bridgehead atoms. The van der Waals surface area contributed by atoms with Gasteiger partial charge in [-0.1, -0.05) is 11.8 Å². The number of thioether (sulfide) groups is 1. The molecule has 6 nitrogen and oxygen atoms in total. The van der Waals surface area contributed by atoms with E-state index in [0.717, 1.165) is 42.1 Å². The summed E-state index contributed by atoms with van der Waals surface area (Å²) in [5.41, 5.74) is 2.75. The van der Waals surface area contributed by atoms with Crippen LogP contribution in [0.1, 0.15) is 16.8 Å². The van der Waals surface area contributed by atoms with E-state index < -0.39 is 0 Å². The third-order valence-corrected chi connectivity index (χ3v) is 4.31. The van der Waals surface area contributed by atoms with Gasteiger partial charge in [-0.15, -0.1) is 0 Å². The van der Waals surface area contributed by atoms with E-state index >= 15 is 0 Å². The van der Waals surface area contributed by atoms with Crippen molar-refractivity contribution in [3.8, 4) is 5.75 Å². The van der Waals surface area contributed by atoms with Crippen molar-refractivity contribution in [2.24, 2.45) is 0 Å². The molecule has 0 spiro atoms. The molecule has 0 unspecified atom stereocenters. The van der Waals surface area contributed by atoms with E-state index in [1.54, 1.807) is 13.3 Å². The number of H-pyrrole nitrogens is 1. The van der Waals surface area contributed by atoms with Crippen molar-refractivity contribution in [3.05, 3.63) is 45.6 Å². The fourth-order valence-corrected chi connectivity index (χ4v) is 3.01. The Balaban J connectivity index is 1.78. The lowest BCUT2D eigenvalue weighted by molar-refractivity contribution is 0.240. The summed E-state index contributed by atoms with van der Waals surface area (Å²) in [6, 6.07) is 1.97. The highest BCUT2D eigenvalue weighted by Crippen LogP contribution is 2.19. The second-order valence-corrected chi connectivity index (χ2v) is 5.99. The van der Waals surface area contributed by atoms with Crippen molar-refractivity contribution in [3.63, 3.8) is 0 Å². The molecule has 0 saturated heterocycles. The third-order valence-electron chi connectivity index (χ3n) is 3.73. The second kappa shape index (κ2) is 6.50. The summed E-state index contributed by atoms with van der Waals surface area (Å²) < 4.78 is 5.20. The van der Waals surface area contributed by atoms with Crippen LogP contribution < -0.4 is 10.3 Å². The number of hydrogen-bond acceptors (Lipinski definition) is 6. The molecule has 3 heterocycles. The van der Waals surface area contributed by atoms with Gasteiger partial charge < -0.3 is 9.72 Å². The lowest BCUT2D eigenvalue weighted by Crippen LogP contribution is -2.35. The molecule has 3 rings (SSSR count). The van der Waals surface area contributed by atoms with Crippen LogP contribution in [-0.2, 0) is 19.5 Å². The standard InChI is InChI=1S/C15H18N4O2S/c1-21-11-5-10(6-16-7-11)8-19-4-3-13-12(9-19)14(20)18-15(17-13)22-2/h5-7H,3-4,8-9H2,1-2H3,(H,17,18,20). The summed E-state index contributed by atoms with van der Waals surface area (Å²) in [6.45, 7) is 2.24. The summed E-state index contributed by atoms with van der Waals surface area (Å²) in [7, 11) is 1.63. The molecule has 2 aromatic rings. The molecule has 0 aromatic carbocycles. The van der Waals surface area contributed by atoms with Crippen molar-refractivity contribution in [1.82, 2.24) is 19.9 Å². The molecule has 0 radical (unpaired) electrons. The maximum Gasteiger partial charge on any atom is 0.256 e. The van der Waals surface area contributed by atoms with Crippen LogP contribution in [0.15, 0.2) is 28.4 Å². The molecular weight excluding hydrogens is 300 g/mol. The van der Waals surface area contributed by atoms with Gasteiger partial charge in [-0.05, 0) is 17.9 Å². The Morgan fingerprint density at radius 2 is 2.32 bits per heavy atom. The summed E-state index contributed by atoms with van der Waals surface area (Å²) in [6.07, 6.45) is 6.23. The van der Waals surface area contributed by atoms with Gasteiger partial charge in [-0.2, -0.15) is 0 Å². The van der Waals surface area contributed by atoms with E-state index in [0.29, 0.717) is 11.7 Å². The van der Waals surface area contributed by atoms with Gasteiger partial charge in [-0.25, -0.2) is 4.98 Å². The predicted molar refractivity (Wildman–Crippen MR) is 85.2 cm³/mol. The smallest absolute Gasteiger partial charge is 0.256 e. The lowest BCUT2D eigenvalue weighted by Gasteiger charge is -2.27. The minimum absolute atomic E-state index is 0.0252. The van der Waals surface area contributed by atoms with Gasteiger partial charge >= 0.3 is 0 Å². The molecule has 0 atom stereocenters. The first-order valence-corrected chi connectivity index (χ1v) is 8.28. The van der Waals surface area contributed by atoms with E-state index in [1.807, 2.05) is 18.5 Å². The summed E-state index contributed by atoms with van der Waals surface area (Å²) >= 11 is 1.46. The number of aromatic amines is 1. The first kappa shape index (κ1) is 15.1. The highest BCUT2D eigenvalue weighted by atomic mass is 32.2. The Kier molecular flexibility index (Phi) is 4.44. The summed E-state index contributed by atoms with van der Waals surface area (Å²) in [4.78, 5) is 25.9. The SMILES string of the molecule is COc1cncc(CN2CCc3nc(SC)[nH]c(=O)c3C2)c1. The summed E-state index contributed by atoms with van der Waals surface area (Å²) in [5, 5.41) is 0.689. The molecule has 0 amide bonds. The highest BCUT2D eigenvalue weighted by molar-refractivity contribution is 7.98. The quantitative estimate of drug-likeness (QED) is 0.680. The van der Waals surface area contributed by atoms with Crippen molar-refractivity contribution < 1.29 is 4.74 Å². The first-order chi connectivity index (χ1) is 10.7. The number of fused-ring (bicyclic) bond motifs is 1. The van der Waals surface area contributed by atoms with E-state index in [9.17, 15) is 4.79 Å². The first-order valence-electron chi connectivity index (χ1n) is 7.06. The number of rotatable bonds is 4. The van der Waals surface area contributed by atoms with Gasteiger partial charge in [0.05, 0.1) is 24.6 Å². The Hall–Kier alpha value is -1.86. The minimum atomic E-state index is -0.0252. The van der Waals surface area contributed by atoms with Crippen LogP contribution in [0.5, 0.6) is 5.75 Å². The maximum atomic E-state index is 12.2. The Labute approximate surface area is 132 Å². The number of methoxy groups -OCH3 is 1. The average Bonchev–Trinajstić information content (AvgIpc) is 2.55. The highest BCUT2D eigenvalue weighted by Gasteiger charge is 2.21. The minimum Gasteiger partial charge on any atom is -0.495 e. The average molecular weight is 318 g/mol. The normalized spacial score (nSPS) is 14.6. The van der Waals surface area contributed by atoms with Gasteiger partial charge in [0.15, 0.2) is 5.16 Å². The number of aromatic nitrogens is 3. The molecule has 1 N–H and O–H groups in total. The second-order valence-electron chi connectivity index (χ2n) is 5.19. The van der Waals surface area contributed by atoms with Crippen molar-refractivity contribution in [2.75, 3.05) is 19.9 Å². The van der Waals surface area contributed by atoms with Crippen LogP contribution >= 0.6 is 11.8 Å². The zero-order chi connectivity index (χ0) is 15.5. The van der Waals surface area contributed by atoms with Crippen LogP contribution in [-0.4, -0.2) is 39.8 Å². The van der Waals surface area contributed by atoms with E-state index in [2.05, 4.69) is 19.9 Å². The van der Waals surface area contributed by atoms with Crippen LogP contribution in [0.2, 0.25) is 0 Å². The number of pyridine rings is 1. The maximum absolute atomic E-state index is 12.2. The van der Waals surface area contributed by atoms with Gasteiger partial charge in [0.2, 0.25) is 0 Å². The van der Waals surface area contributed by atoms with E-state index in [-0.39, 0.29) is 5.56 Å². The Bertz CT molecular complexity index is 732. The third kappa shape index (κ3) is 3.15. The van der Waals surface area contributed by atoms with E-state index in [1.165, 1.54) is 11.8 Å². The monoisotopic (exact) mass is 318 g/mol. The zero-order valence-corrected chi connectivity index (χ0v) is 13.4. The molecule has 1 aliphatic heterocycles. The topological polar surface area (TPSA) is 71.1 Å². The van der Waals surface area contributed by atoms with Crippen LogP contribution in [0.3, 0.4) is 0 Å². The molecule has 2 aromatic heterocycles. The molecule has 22 heavy (non-hydrogen) atoms. The van der Waals surface area contributed by atoms with Gasteiger partial charge in [0.25, 0.3) is 5.56 Å². The zero-order valence-electron chi connectivity index (χ0n) is 12.6. The van der Waals surface area contributed by atoms with Gasteiger partial charge in [0.1, 0.15) is 5.75 Å². The fraction of sp³-hybridized carbons (Fsp3) is 0.400. The van der Waals surface area contributed by atoms with E-state index in [4.69, 9.17) is 4.74 Å². The van der Waals surface area contributed by atoms with Crippen LogP contribution in [0.4, 0.5) is 0 Å². The Morgan fingerprint density at radius 1 is 1.45 bits per heavy atom. The van der Waals surface area contributed by atoms with Gasteiger partial charge in [-0.3, -0.25) is 14.7 Å². The molecule has 0 aliphatic carbocycles. The molecule has 0 fully saturated rings. The Morgan fingerprint density at radius 3 is 3.09 bits per heavy atom. The molecular formula is C15H18N4O2S. The predicted octanol–water partition coefficient (Wildman–Crippen LogP) is 1.45. The number of nitrogens with one attached hydrogen (secondary N) is 1. The largest absolute Gasteiger partial charge is 0.495 e. The lowest BCUT2D eigenvalue weighted by atomic mass is 10.1. The number of hydrogen-bond donors (Lipinski definition) is 1. The van der Waals surface area contributed by atoms with Gasteiger partial charge in [0, 0.05) is 32.3 Å².